The zero-order chi connectivity index (χ0) is 24.8. The van der Waals surface area contributed by atoms with Crippen LogP contribution in [0.3, 0.4) is 0 Å². The van der Waals surface area contributed by atoms with Crippen molar-refractivity contribution < 1.29 is 38.0 Å². The summed E-state index contributed by atoms with van der Waals surface area (Å²) < 4.78 is 32.4. The maximum Gasteiger partial charge on any atom is 0.340 e. The van der Waals surface area contributed by atoms with Crippen LogP contribution in [0.25, 0.3) is 11.1 Å². The van der Waals surface area contributed by atoms with E-state index in [-0.39, 0.29) is 31.1 Å². The van der Waals surface area contributed by atoms with Crippen molar-refractivity contribution in [1.29, 1.82) is 0 Å². The second kappa shape index (κ2) is 10.8. The van der Waals surface area contributed by atoms with Crippen molar-refractivity contribution in [2.24, 2.45) is 5.73 Å². The first-order chi connectivity index (χ1) is 16.4. The number of esters is 2. The second-order valence-electron chi connectivity index (χ2n) is 7.33. The fraction of sp³-hybridized carbons (Fsp3) is 0.360. The third kappa shape index (κ3) is 4.88. The molecule has 0 fully saturated rings. The summed E-state index contributed by atoms with van der Waals surface area (Å²) >= 11 is 0. The standard InChI is InChI=1S/C25H29NO8/c1-6-32-21(27)13-17-16-10-14(15-11-19(29-3)23(31-5)20(12-15)30-4)8-9-18(16)34-24(26)22(17)25(28)33-7-2/h8-12,17H,6-7,13,26H2,1-5H3. The van der Waals surface area contributed by atoms with Crippen LogP contribution in [0, 0.1) is 0 Å². The number of hydrogen-bond donors (Lipinski definition) is 1. The molecule has 0 spiro atoms. The van der Waals surface area contributed by atoms with Crippen LogP contribution < -0.4 is 24.7 Å². The number of nitrogens with two attached hydrogens (primary N) is 1. The van der Waals surface area contributed by atoms with Crippen molar-refractivity contribution in [3.63, 3.8) is 0 Å². The molecule has 0 bridgehead atoms. The largest absolute Gasteiger partial charge is 0.493 e. The summed E-state index contributed by atoms with van der Waals surface area (Å²) in [5, 5.41) is 0. The Balaban J connectivity index is 2.14. The number of ether oxygens (including phenoxy) is 6. The van der Waals surface area contributed by atoms with Gasteiger partial charge in [-0.05, 0) is 49.2 Å². The van der Waals surface area contributed by atoms with Gasteiger partial charge in [0.15, 0.2) is 11.5 Å². The molecule has 2 aromatic rings. The van der Waals surface area contributed by atoms with Crippen molar-refractivity contribution in [2.75, 3.05) is 34.5 Å². The van der Waals surface area contributed by atoms with E-state index in [1.54, 1.807) is 19.9 Å². The van der Waals surface area contributed by atoms with Gasteiger partial charge in [-0.3, -0.25) is 4.79 Å². The fourth-order valence-electron chi connectivity index (χ4n) is 3.89. The Kier molecular flexibility index (Phi) is 7.88. The van der Waals surface area contributed by atoms with Gasteiger partial charge in [-0.15, -0.1) is 0 Å². The molecule has 0 saturated carbocycles. The van der Waals surface area contributed by atoms with E-state index in [0.717, 1.165) is 11.1 Å². The Morgan fingerprint density at radius 3 is 2.12 bits per heavy atom. The summed E-state index contributed by atoms with van der Waals surface area (Å²) in [5.41, 5.74) is 8.32. The van der Waals surface area contributed by atoms with Crippen LogP contribution in [0.5, 0.6) is 23.0 Å². The van der Waals surface area contributed by atoms with Gasteiger partial charge in [0.1, 0.15) is 11.3 Å². The molecule has 0 aliphatic carbocycles. The highest BCUT2D eigenvalue weighted by molar-refractivity contribution is 5.93. The molecule has 2 N–H and O–H groups in total. The first kappa shape index (κ1) is 24.8. The molecule has 1 heterocycles. The zero-order valence-electron chi connectivity index (χ0n) is 19.9. The minimum Gasteiger partial charge on any atom is -0.493 e. The molecule has 0 aromatic heterocycles. The molecule has 9 nitrogen and oxygen atoms in total. The van der Waals surface area contributed by atoms with Crippen molar-refractivity contribution in [3.8, 4) is 34.1 Å². The van der Waals surface area contributed by atoms with E-state index in [0.29, 0.717) is 28.6 Å². The first-order valence-electron chi connectivity index (χ1n) is 10.8. The van der Waals surface area contributed by atoms with Crippen LogP contribution in [0.15, 0.2) is 41.8 Å². The summed E-state index contributed by atoms with van der Waals surface area (Å²) in [4.78, 5) is 25.1. The minimum atomic E-state index is -0.705. The molecule has 1 aliphatic rings. The fourth-order valence-corrected chi connectivity index (χ4v) is 3.89. The Hall–Kier alpha value is -3.88. The van der Waals surface area contributed by atoms with E-state index in [1.165, 1.54) is 21.3 Å². The molecule has 34 heavy (non-hydrogen) atoms. The quantitative estimate of drug-likeness (QED) is 0.548. The van der Waals surface area contributed by atoms with E-state index < -0.39 is 17.9 Å². The molecule has 1 atom stereocenters. The average molecular weight is 472 g/mol. The van der Waals surface area contributed by atoms with E-state index in [9.17, 15) is 9.59 Å². The monoisotopic (exact) mass is 471 g/mol. The van der Waals surface area contributed by atoms with Crippen LogP contribution in [0.2, 0.25) is 0 Å². The van der Waals surface area contributed by atoms with Crippen LogP contribution in [0.1, 0.15) is 31.7 Å². The first-order valence-corrected chi connectivity index (χ1v) is 10.8. The summed E-state index contributed by atoms with van der Waals surface area (Å²) in [6, 6.07) is 9.03. The Morgan fingerprint density at radius 2 is 1.56 bits per heavy atom. The molecule has 3 rings (SSSR count). The van der Waals surface area contributed by atoms with Gasteiger partial charge >= 0.3 is 11.9 Å². The normalized spacial score (nSPS) is 14.6. The number of carbonyl (C=O) groups excluding carboxylic acids is 2. The molecule has 9 heteroatoms. The van der Waals surface area contributed by atoms with Crippen molar-refractivity contribution in [3.05, 3.63) is 47.4 Å². The van der Waals surface area contributed by atoms with Crippen molar-refractivity contribution in [1.82, 2.24) is 0 Å². The number of fused-ring (bicyclic) bond motifs is 1. The van der Waals surface area contributed by atoms with Crippen LogP contribution in [0.4, 0.5) is 0 Å². The smallest absolute Gasteiger partial charge is 0.340 e. The summed E-state index contributed by atoms with van der Waals surface area (Å²) in [6.45, 7) is 3.78. The van der Waals surface area contributed by atoms with Crippen LogP contribution in [-0.2, 0) is 19.1 Å². The number of benzene rings is 2. The van der Waals surface area contributed by atoms with Gasteiger partial charge in [0.2, 0.25) is 11.6 Å². The minimum absolute atomic E-state index is 0.0874. The van der Waals surface area contributed by atoms with Gasteiger partial charge in [0.05, 0.1) is 41.0 Å². The molecule has 2 aromatic carbocycles. The molecule has 182 valence electrons. The molecule has 0 saturated heterocycles. The Bertz CT molecular complexity index is 1080. The van der Waals surface area contributed by atoms with E-state index >= 15 is 0 Å². The van der Waals surface area contributed by atoms with E-state index in [2.05, 4.69) is 0 Å². The van der Waals surface area contributed by atoms with E-state index in [1.807, 2.05) is 24.3 Å². The van der Waals surface area contributed by atoms with E-state index in [4.69, 9.17) is 34.2 Å². The third-order valence-corrected chi connectivity index (χ3v) is 5.39. The predicted octanol–water partition coefficient (Wildman–Crippen LogP) is 3.54. The third-order valence-electron chi connectivity index (χ3n) is 5.39. The molecular formula is C25H29NO8. The van der Waals surface area contributed by atoms with Gasteiger partial charge in [-0.25, -0.2) is 4.79 Å². The highest BCUT2D eigenvalue weighted by Gasteiger charge is 2.36. The topological polar surface area (TPSA) is 116 Å². The number of rotatable bonds is 9. The zero-order valence-corrected chi connectivity index (χ0v) is 19.9. The molecule has 1 aliphatic heterocycles. The predicted molar refractivity (Wildman–Crippen MR) is 124 cm³/mol. The average Bonchev–Trinajstić information content (AvgIpc) is 2.83. The van der Waals surface area contributed by atoms with Crippen LogP contribution >= 0.6 is 0 Å². The maximum atomic E-state index is 12.7. The summed E-state index contributed by atoms with van der Waals surface area (Å²) in [6.07, 6.45) is -0.0994. The van der Waals surface area contributed by atoms with Crippen molar-refractivity contribution >= 4 is 11.9 Å². The molecular weight excluding hydrogens is 442 g/mol. The van der Waals surface area contributed by atoms with Gasteiger partial charge in [-0.2, -0.15) is 0 Å². The number of hydrogen-bond acceptors (Lipinski definition) is 9. The Labute approximate surface area is 198 Å². The second-order valence-corrected chi connectivity index (χ2v) is 7.33. The highest BCUT2D eigenvalue weighted by Crippen LogP contribution is 2.45. The summed E-state index contributed by atoms with van der Waals surface area (Å²) in [7, 11) is 4.61. The lowest BCUT2D eigenvalue weighted by atomic mass is 9.84. The highest BCUT2D eigenvalue weighted by atomic mass is 16.5. The maximum absolute atomic E-state index is 12.7. The Morgan fingerprint density at radius 1 is 0.912 bits per heavy atom. The lowest BCUT2D eigenvalue weighted by Crippen LogP contribution is -2.28. The van der Waals surface area contributed by atoms with Crippen LogP contribution in [-0.4, -0.2) is 46.5 Å². The molecule has 0 radical (unpaired) electrons. The van der Waals surface area contributed by atoms with Crippen molar-refractivity contribution in [2.45, 2.75) is 26.2 Å². The lowest BCUT2D eigenvalue weighted by molar-refractivity contribution is -0.143. The number of methoxy groups -OCH3 is 3. The molecule has 0 amide bonds. The molecule has 1 unspecified atom stereocenters. The summed E-state index contributed by atoms with van der Waals surface area (Å²) in [5.74, 6) is -0.0158. The SMILES string of the molecule is CCOC(=O)CC1C(C(=O)OCC)=C(N)Oc2ccc(-c3cc(OC)c(OC)c(OC)c3)cc21. The van der Waals surface area contributed by atoms with Gasteiger partial charge in [0.25, 0.3) is 0 Å². The van der Waals surface area contributed by atoms with Gasteiger partial charge in [-0.1, -0.05) is 6.07 Å². The number of carbonyl (C=O) groups is 2. The van der Waals surface area contributed by atoms with Gasteiger partial charge < -0.3 is 34.2 Å². The van der Waals surface area contributed by atoms with Gasteiger partial charge in [0, 0.05) is 11.5 Å². The lowest BCUT2D eigenvalue weighted by Gasteiger charge is -2.28.